The molecule has 0 saturated heterocycles. The van der Waals surface area contributed by atoms with Gasteiger partial charge >= 0.3 is 5.97 Å². The van der Waals surface area contributed by atoms with Gasteiger partial charge in [0.1, 0.15) is 23.1 Å². The van der Waals surface area contributed by atoms with E-state index in [1.54, 1.807) is 0 Å². The highest BCUT2D eigenvalue weighted by Crippen LogP contribution is 2.49. The Morgan fingerprint density at radius 3 is 2.41 bits per heavy atom. The summed E-state index contributed by atoms with van der Waals surface area (Å²) in [6.07, 6.45) is 0.208. The number of carboxylic acids is 1. The van der Waals surface area contributed by atoms with Gasteiger partial charge in [-0.15, -0.1) is 11.3 Å². The summed E-state index contributed by atoms with van der Waals surface area (Å²) in [7, 11) is 0. The number of carboxylic acid groups (broad SMARTS) is 1. The van der Waals surface area contributed by atoms with Gasteiger partial charge in [0, 0.05) is 22.8 Å². The predicted octanol–water partition coefficient (Wildman–Crippen LogP) is 6.31. The number of fused-ring (bicyclic) bond motifs is 1. The fourth-order valence-corrected chi connectivity index (χ4v) is 5.38. The Labute approximate surface area is 199 Å². The predicted molar refractivity (Wildman–Crippen MR) is 129 cm³/mol. The van der Waals surface area contributed by atoms with Gasteiger partial charge in [0.05, 0.1) is 5.69 Å². The molecule has 3 aromatic carbocycles. The third-order valence-corrected chi connectivity index (χ3v) is 7.06. The molecule has 2 heterocycles. The van der Waals surface area contributed by atoms with Crippen LogP contribution in [0, 0.1) is 5.82 Å². The minimum Gasteiger partial charge on any atom is -0.489 e. The van der Waals surface area contributed by atoms with Gasteiger partial charge in [-0.2, -0.15) is 0 Å². The third-order valence-electron chi connectivity index (χ3n) is 5.76. The number of amides is 1. The maximum atomic E-state index is 13.5. The van der Waals surface area contributed by atoms with E-state index >= 15 is 0 Å². The van der Waals surface area contributed by atoms with Gasteiger partial charge in [-0.3, -0.25) is 4.79 Å². The monoisotopic (exact) mass is 473 g/mol. The Hall–Kier alpha value is -3.97. The molecular weight excluding hydrogens is 453 g/mol. The topological polar surface area (TPSA) is 75.6 Å². The number of hydrogen-bond acceptors (Lipinski definition) is 4. The number of anilines is 1. The summed E-state index contributed by atoms with van der Waals surface area (Å²) in [5, 5.41) is 12.7. The third kappa shape index (κ3) is 4.30. The van der Waals surface area contributed by atoms with E-state index in [1.807, 2.05) is 54.6 Å². The minimum atomic E-state index is -1.09. The molecular formula is C27H20FNO4S. The summed E-state index contributed by atoms with van der Waals surface area (Å²) in [5.74, 6) is -1.28. The lowest BCUT2D eigenvalue weighted by molar-refractivity contribution is -0.116. The normalized spacial score (nSPS) is 14.9. The first-order valence-corrected chi connectivity index (χ1v) is 11.5. The fraction of sp³-hybridized carbons (Fsp3) is 0.111. The molecule has 5 rings (SSSR count). The fourth-order valence-electron chi connectivity index (χ4n) is 4.14. The number of thiophene rings is 1. The van der Waals surface area contributed by atoms with Crippen LogP contribution in [0.2, 0.25) is 0 Å². The first-order chi connectivity index (χ1) is 16.5. The summed E-state index contributed by atoms with van der Waals surface area (Å²) in [4.78, 5) is 25.5. The van der Waals surface area contributed by atoms with Crippen molar-refractivity contribution in [3.05, 3.63) is 106 Å². The van der Waals surface area contributed by atoms with Gasteiger partial charge in [-0.1, -0.05) is 54.6 Å². The lowest BCUT2D eigenvalue weighted by Gasteiger charge is -2.24. The molecule has 4 aromatic rings. The Bertz CT molecular complexity index is 1350. The second-order valence-electron chi connectivity index (χ2n) is 8.01. The number of ether oxygens (including phenoxy) is 1. The molecule has 1 atom stereocenters. The van der Waals surface area contributed by atoms with Crippen molar-refractivity contribution in [2.24, 2.45) is 0 Å². The molecule has 1 aliphatic heterocycles. The van der Waals surface area contributed by atoms with Crippen LogP contribution in [0.5, 0.6) is 5.75 Å². The van der Waals surface area contributed by atoms with Gasteiger partial charge in [0.15, 0.2) is 0 Å². The first kappa shape index (κ1) is 21.9. The molecule has 0 unspecified atom stereocenters. The van der Waals surface area contributed by atoms with Crippen molar-refractivity contribution in [2.75, 3.05) is 5.32 Å². The molecule has 7 heteroatoms. The number of halogens is 1. The number of nitrogens with one attached hydrogen (secondary N) is 1. The van der Waals surface area contributed by atoms with Crippen molar-refractivity contribution in [3.8, 4) is 16.9 Å². The Balaban J connectivity index is 1.48. The Kier molecular flexibility index (Phi) is 5.86. The molecule has 34 heavy (non-hydrogen) atoms. The molecule has 0 aliphatic carbocycles. The quantitative estimate of drug-likeness (QED) is 0.344. The molecule has 5 nitrogen and oxygen atoms in total. The van der Waals surface area contributed by atoms with Crippen molar-refractivity contribution < 1.29 is 23.8 Å². The number of carbonyl (C=O) groups is 2. The van der Waals surface area contributed by atoms with Crippen molar-refractivity contribution in [2.45, 2.75) is 18.9 Å². The van der Waals surface area contributed by atoms with Crippen molar-refractivity contribution in [1.82, 2.24) is 0 Å². The van der Waals surface area contributed by atoms with E-state index in [9.17, 15) is 19.1 Å². The van der Waals surface area contributed by atoms with Crippen LogP contribution in [0.4, 0.5) is 10.1 Å². The molecule has 1 aliphatic rings. The van der Waals surface area contributed by atoms with E-state index in [-0.39, 0.29) is 23.1 Å². The van der Waals surface area contributed by atoms with Crippen LogP contribution in [0.3, 0.4) is 0 Å². The zero-order chi connectivity index (χ0) is 23.7. The van der Waals surface area contributed by atoms with E-state index in [0.29, 0.717) is 29.2 Å². The van der Waals surface area contributed by atoms with Crippen LogP contribution in [-0.2, 0) is 11.4 Å². The van der Waals surface area contributed by atoms with Crippen molar-refractivity contribution >= 4 is 28.9 Å². The molecule has 170 valence electrons. The van der Waals surface area contributed by atoms with Gasteiger partial charge in [0.2, 0.25) is 5.91 Å². The van der Waals surface area contributed by atoms with Crippen molar-refractivity contribution in [3.63, 3.8) is 0 Å². The minimum absolute atomic E-state index is 0.117. The standard InChI is InChI=1S/C27H20FNO4S/c28-19-10-6-18(7-11-19)23-24-25(34-26(23)27(31)32)21(14-22(30)29-24)17-8-12-20(13-9-17)33-15-16-4-2-1-3-5-16/h1-13,21H,14-15H2,(H,29,30)(H,31,32)/t21-/m1/s1. The summed E-state index contributed by atoms with van der Waals surface area (Å²) in [6.45, 7) is 0.449. The average molecular weight is 474 g/mol. The molecule has 0 bridgehead atoms. The van der Waals surface area contributed by atoms with Crippen molar-refractivity contribution in [1.29, 1.82) is 0 Å². The van der Waals surface area contributed by atoms with Crippen LogP contribution >= 0.6 is 11.3 Å². The Morgan fingerprint density at radius 2 is 1.74 bits per heavy atom. The molecule has 0 fully saturated rings. The van der Waals surface area contributed by atoms with Gasteiger partial charge in [-0.25, -0.2) is 9.18 Å². The average Bonchev–Trinajstić information content (AvgIpc) is 3.23. The Morgan fingerprint density at radius 1 is 1.03 bits per heavy atom. The molecule has 1 aromatic heterocycles. The number of rotatable bonds is 6. The van der Waals surface area contributed by atoms with Crippen LogP contribution in [-0.4, -0.2) is 17.0 Å². The van der Waals surface area contributed by atoms with E-state index in [4.69, 9.17) is 4.74 Å². The second-order valence-corrected chi connectivity index (χ2v) is 9.06. The van der Waals surface area contributed by atoms with Crippen LogP contribution in [0.25, 0.3) is 11.1 Å². The van der Waals surface area contributed by atoms with Gasteiger partial charge < -0.3 is 15.2 Å². The van der Waals surface area contributed by atoms with E-state index < -0.39 is 11.8 Å². The number of aromatic carboxylic acids is 1. The smallest absolute Gasteiger partial charge is 0.346 e. The highest BCUT2D eigenvalue weighted by atomic mass is 32.1. The summed E-state index contributed by atoms with van der Waals surface area (Å²) < 4.78 is 19.3. The zero-order valence-electron chi connectivity index (χ0n) is 18.0. The molecule has 0 radical (unpaired) electrons. The maximum Gasteiger partial charge on any atom is 0.346 e. The summed E-state index contributed by atoms with van der Waals surface area (Å²) >= 11 is 1.15. The number of hydrogen-bond donors (Lipinski definition) is 2. The molecule has 0 saturated carbocycles. The SMILES string of the molecule is O=C1C[C@H](c2ccc(OCc3ccccc3)cc2)c2sc(C(=O)O)c(-c3ccc(F)cc3)c2N1. The number of benzene rings is 3. The lowest BCUT2D eigenvalue weighted by atomic mass is 9.88. The van der Waals surface area contributed by atoms with Crippen LogP contribution in [0.1, 0.15) is 38.0 Å². The molecule has 1 amide bonds. The zero-order valence-corrected chi connectivity index (χ0v) is 18.8. The highest BCUT2D eigenvalue weighted by molar-refractivity contribution is 7.15. The highest BCUT2D eigenvalue weighted by Gasteiger charge is 2.34. The first-order valence-electron chi connectivity index (χ1n) is 10.7. The largest absolute Gasteiger partial charge is 0.489 e. The summed E-state index contributed by atoms with van der Waals surface area (Å²) in [6, 6.07) is 23.0. The van der Waals surface area contributed by atoms with E-state index in [0.717, 1.165) is 27.3 Å². The second kappa shape index (κ2) is 9.11. The van der Waals surface area contributed by atoms with Gasteiger partial charge in [0.25, 0.3) is 0 Å². The van der Waals surface area contributed by atoms with E-state index in [1.165, 1.54) is 24.3 Å². The molecule has 2 N–H and O–H groups in total. The van der Waals surface area contributed by atoms with Crippen LogP contribution < -0.4 is 10.1 Å². The maximum absolute atomic E-state index is 13.5. The van der Waals surface area contributed by atoms with Crippen LogP contribution in [0.15, 0.2) is 78.9 Å². The lowest BCUT2D eigenvalue weighted by Crippen LogP contribution is -2.22. The molecule has 0 spiro atoms. The summed E-state index contributed by atoms with van der Waals surface area (Å²) in [5.41, 5.74) is 3.40. The van der Waals surface area contributed by atoms with E-state index in [2.05, 4.69) is 5.32 Å². The van der Waals surface area contributed by atoms with Gasteiger partial charge in [-0.05, 0) is 41.0 Å². The number of carbonyl (C=O) groups excluding carboxylic acids is 1.